The maximum Gasteiger partial charge on any atom is 0.266 e. The third kappa shape index (κ3) is 4.05. The number of halogens is 1. The summed E-state index contributed by atoms with van der Waals surface area (Å²) in [5.74, 6) is 0.190. The lowest BCUT2D eigenvalue weighted by Gasteiger charge is -2.23. The number of sulfonamides is 1. The molecule has 2 aromatic carbocycles. The zero-order valence-electron chi connectivity index (χ0n) is 16.3. The molecule has 0 unspecified atom stereocenters. The Labute approximate surface area is 177 Å². The molecule has 0 bridgehead atoms. The monoisotopic (exact) mass is 448 g/mol. The van der Waals surface area contributed by atoms with Crippen molar-refractivity contribution in [2.75, 3.05) is 18.5 Å². The van der Waals surface area contributed by atoms with Gasteiger partial charge >= 0.3 is 0 Å². The van der Waals surface area contributed by atoms with Gasteiger partial charge < -0.3 is 9.47 Å². The van der Waals surface area contributed by atoms with Crippen molar-refractivity contribution in [1.29, 1.82) is 5.26 Å². The van der Waals surface area contributed by atoms with Gasteiger partial charge in [0.15, 0.2) is 0 Å². The first-order chi connectivity index (χ1) is 14.3. The van der Waals surface area contributed by atoms with Gasteiger partial charge in [0.1, 0.15) is 29.7 Å². The van der Waals surface area contributed by atoms with E-state index in [1.807, 2.05) is 0 Å². The van der Waals surface area contributed by atoms with Crippen LogP contribution in [0.1, 0.15) is 16.7 Å². The summed E-state index contributed by atoms with van der Waals surface area (Å²) in [6.07, 6.45) is 1.24. The molecule has 0 spiro atoms. The Morgan fingerprint density at radius 1 is 1.23 bits per heavy atom. The smallest absolute Gasteiger partial charge is 0.266 e. The number of aryl methyl sites for hydroxylation is 1. The minimum Gasteiger partial charge on any atom is -0.497 e. The second-order valence-electron chi connectivity index (χ2n) is 6.12. The molecule has 8 nitrogen and oxygen atoms in total. The van der Waals surface area contributed by atoms with Gasteiger partial charge in [-0.25, -0.2) is 22.1 Å². The molecular weight excluding hydrogens is 431 g/mol. The van der Waals surface area contributed by atoms with Crippen molar-refractivity contribution < 1.29 is 22.3 Å². The van der Waals surface area contributed by atoms with Crippen LogP contribution in [-0.4, -0.2) is 32.0 Å². The van der Waals surface area contributed by atoms with Crippen LogP contribution in [0.15, 0.2) is 41.6 Å². The van der Waals surface area contributed by atoms with Crippen molar-refractivity contribution in [3.63, 3.8) is 0 Å². The summed E-state index contributed by atoms with van der Waals surface area (Å²) in [5, 5.41) is 9.25. The van der Waals surface area contributed by atoms with E-state index in [9.17, 15) is 12.8 Å². The Morgan fingerprint density at radius 2 is 2.00 bits per heavy atom. The van der Waals surface area contributed by atoms with Crippen LogP contribution in [-0.2, 0) is 16.6 Å². The topological polar surface area (TPSA) is 105 Å². The highest BCUT2D eigenvalue weighted by Gasteiger charge is 2.31. The van der Waals surface area contributed by atoms with Gasteiger partial charge in [-0.1, -0.05) is 0 Å². The van der Waals surface area contributed by atoms with Crippen molar-refractivity contribution in [3.05, 3.63) is 59.2 Å². The number of nitriles is 1. The Kier molecular flexibility index (Phi) is 6.19. The lowest BCUT2D eigenvalue weighted by atomic mass is 10.1. The van der Waals surface area contributed by atoms with Crippen LogP contribution in [0, 0.1) is 24.1 Å². The molecule has 1 aromatic heterocycles. The predicted octanol–water partition coefficient (Wildman–Crippen LogP) is 3.27. The number of methoxy groups -OCH3 is 2. The number of hydrogen-bond acceptors (Lipinski definition) is 8. The molecule has 0 fully saturated rings. The first-order valence-corrected chi connectivity index (χ1v) is 10.7. The standard InChI is InChI=1S/C19H17FN4O4S2/c1-12-6-16(20)14(9-21)7-18(12)30(25,26)24(19-22-11-23-29-19)10-13-4-5-15(27-2)8-17(13)28-3/h4-8,11H,10H2,1-3H3. The number of ether oxygens (including phenoxy) is 2. The number of aromatic nitrogens is 2. The fourth-order valence-corrected chi connectivity index (χ4v) is 5.17. The average Bonchev–Trinajstić information content (AvgIpc) is 3.26. The predicted molar refractivity (Wildman–Crippen MR) is 109 cm³/mol. The van der Waals surface area contributed by atoms with Gasteiger partial charge in [-0.2, -0.15) is 9.64 Å². The fraction of sp³-hybridized carbons (Fsp3) is 0.211. The van der Waals surface area contributed by atoms with Gasteiger partial charge in [0.2, 0.25) is 5.13 Å². The summed E-state index contributed by atoms with van der Waals surface area (Å²) >= 11 is 0.893. The van der Waals surface area contributed by atoms with E-state index in [0.29, 0.717) is 17.1 Å². The lowest BCUT2D eigenvalue weighted by molar-refractivity contribution is 0.391. The zero-order chi connectivity index (χ0) is 21.9. The normalized spacial score (nSPS) is 11.0. The molecule has 0 aliphatic carbocycles. The van der Waals surface area contributed by atoms with Crippen LogP contribution in [0.4, 0.5) is 9.52 Å². The lowest BCUT2D eigenvalue weighted by Crippen LogP contribution is -2.31. The fourth-order valence-electron chi connectivity index (χ4n) is 2.80. The van der Waals surface area contributed by atoms with Crippen molar-refractivity contribution in [1.82, 2.24) is 9.36 Å². The van der Waals surface area contributed by atoms with Gasteiger partial charge in [0.05, 0.1) is 31.2 Å². The molecule has 11 heteroatoms. The summed E-state index contributed by atoms with van der Waals surface area (Å²) in [5.41, 5.74) is 0.360. The molecule has 0 aliphatic rings. The van der Waals surface area contributed by atoms with Crippen molar-refractivity contribution >= 4 is 26.7 Å². The van der Waals surface area contributed by atoms with Gasteiger partial charge in [0, 0.05) is 23.2 Å². The Balaban J connectivity index is 2.14. The van der Waals surface area contributed by atoms with E-state index in [1.54, 1.807) is 24.3 Å². The van der Waals surface area contributed by atoms with Gasteiger partial charge in [0.25, 0.3) is 10.0 Å². The van der Waals surface area contributed by atoms with Gasteiger partial charge in [-0.05, 0) is 36.8 Å². The van der Waals surface area contributed by atoms with Crippen molar-refractivity contribution in [2.24, 2.45) is 0 Å². The first-order valence-electron chi connectivity index (χ1n) is 8.52. The molecule has 3 aromatic rings. The molecule has 0 radical (unpaired) electrons. The Hall–Kier alpha value is -3.23. The van der Waals surface area contributed by atoms with Crippen LogP contribution in [0.3, 0.4) is 0 Å². The first kappa shape index (κ1) is 21.5. The molecular formula is C19H17FN4O4S2. The van der Waals surface area contributed by atoms with Crippen molar-refractivity contribution in [3.8, 4) is 17.6 Å². The number of hydrogen-bond donors (Lipinski definition) is 0. The second-order valence-corrected chi connectivity index (χ2v) is 8.71. The molecule has 3 rings (SSSR count). The number of nitrogens with zero attached hydrogens (tertiary/aromatic N) is 4. The van der Waals surface area contributed by atoms with Gasteiger partial charge in [-0.3, -0.25) is 0 Å². The van der Waals surface area contributed by atoms with E-state index in [-0.39, 0.29) is 27.7 Å². The molecule has 156 valence electrons. The average molecular weight is 449 g/mol. The number of rotatable bonds is 7. The number of benzene rings is 2. The summed E-state index contributed by atoms with van der Waals surface area (Å²) in [6, 6.07) is 8.72. The van der Waals surface area contributed by atoms with Crippen molar-refractivity contribution in [2.45, 2.75) is 18.4 Å². The SMILES string of the molecule is COc1ccc(CN(c2ncns2)S(=O)(=O)c2cc(C#N)c(F)cc2C)c(OC)c1. The highest BCUT2D eigenvalue weighted by molar-refractivity contribution is 7.93. The van der Waals surface area contributed by atoms with Crippen LogP contribution in [0.5, 0.6) is 11.5 Å². The maximum atomic E-state index is 13.9. The Bertz CT molecular complexity index is 1210. The van der Waals surface area contributed by atoms with E-state index >= 15 is 0 Å². The summed E-state index contributed by atoms with van der Waals surface area (Å²) < 4.78 is 56.5. The highest BCUT2D eigenvalue weighted by Crippen LogP contribution is 2.32. The van der Waals surface area contributed by atoms with Gasteiger partial charge in [-0.15, -0.1) is 0 Å². The minimum atomic E-state index is -4.21. The molecule has 0 N–H and O–H groups in total. The molecule has 30 heavy (non-hydrogen) atoms. The quantitative estimate of drug-likeness (QED) is 0.546. The van der Waals surface area contributed by atoms with Crippen LogP contribution in [0.25, 0.3) is 0 Å². The second kappa shape index (κ2) is 8.64. The summed E-state index contributed by atoms with van der Waals surface area (Å²) in [4.78, 5) is 3.84. The van der Waals surface area contributed by atoms with E-state index in [4.69, 9.17) is 14.7 Å². The van der Waals surface area contributed by atoms with E-state index in [0.717, 1.165) is 28.0 Å². The summed E-state index contributed by atoms with van der Waals surface area (Å²) in [6.45, 7) is 1.34. The molecule has 1 heterocycles. The molecule has 0 aliphatic heterocycles. The van der Waals surface area contributed by atoms with E-state index in [1.165, 1.54) is 27.5 Å². The molecule has 0 saturated heterocycles. The third-order valence-electron chi connectivity index (χ3n) is 4.32. The minimum absolute atomic E-state index is 0.120. The molecule has 0 atom stereocenters. The molecule has 0 saturated carbocycles. The highest BCUT2D eigenvalue weighted by atomic mass is 32.2. The number of anilines is 1. The van der Waals surface area contributed by atoms with Crippen LogP contribution in [0.2, 0.25) is 0 Å². The zero-order valence-corrected chi connectivity index (χ0v) is 17.9. The summed E-state index contributed by atoms with van der Waals surface area (Å²) in [7, 11) is -1.23. The molecule has 0 amide bonds. The Morgan fingerprint density at radius 3 is 2.60 bits per heavy atom. The van der Waals surface area contributed by atoms with Crippen LogP contribution < -0.4 is 13.8 Å². The van der Waals surface area contributed by atoms with E-state index < -0.39 is 15.8 Å². The largest absolute Gasteiger partial charge is 0.497 e. The van der Waals surface area contributed by atoms with Crippen LogP contribution >= 0.6 is 11.5 Å². The third-order valence-corrected chi connectivity index (χ3v) is 7.01. The van der Waals surface area contributed by atoms with E-state index in [2.05, 4.69) is 9.36 Å². The maximum absolute atomic E-state index is 13.9.